The topological polar surface area (TPSA) is 61.8 Å². The molecule has 0 saturated heterocycles. The zero-order valence-electron chi connectivity index (χ0n) is 40.7. The lowest BCUT2D eigenvalue weighted by atomic mass is 10.0. The first-order chi connectivity index (χ1) is 29.6. The molecule has 0 aromatic carbocycles. The highest BCUT2D eigenvalue weighted by Gasteiger charge is 2.17. The molecule has 0 aromatic rings. The van der Waals surface area contributed by atoms with Gasteiger partial charge < -0.3 is 14.2 Å². The van der Waals surface area contributed by atoms with Gasteiger partial charge in [-0.2, -0.15) is 0 Å². The third kappa shape index (κ3) is 49.0. The Morgan fingerprint density at radius 3 is 1.17 bits per heavy atom. The molecule has 0 rings (SSSR count). The van der Waals surface area contributed by atoms with Crippen LogP contribution in [-0.2, 0) is 23.8 Å². The summed E-state index contributed by atoms with van der Waals surface area (Å²) >= 11 is 0. The number of esters is 2. The lowest BCUT2D eigenvalue weighted by Gasteiger charge is -2.18. The first kappa shape index (κ1) is 58.4. The summed E-state index contributed by atoms with van der Waals surface area (Å²) in [5.74, 6) is -0.383. The van der Waals surface area contributed by atoms with Crippen molar-refractivity contribution in [1.82, 2.24) is 0 Å². The second-order valence-electron chi connectivity index (χ2n) is 18.1. The Morgan fingerprint density at radius 1 is 0.367 bits per heavy atom. The fraction of sp³-hybridized carbons (Fsp3) is 0.891. The molecule has 5 heteroatoms. The van der Waals surface area contributed by atoms with Crippen LogP contribution in [0.2, 0.25) is 0 Å². The number of carbonyl (C=O) groups is 2. The van der Waals surface area contributed by atoms with Crippen molar-refractivity contribution in [2.75, 3.05) is 19.8 Å². The van der Waals surface area contributed by atoms with Gasteiger partial charge in [-0.1, -0.05) is 257 Å². The lowest BCUT2D eigenvalue weighted by Crippen LogP contribution is -2.30. The van der Waals surface area contributed by atoms with Crippen LogP contribution in [0, 0.1) is 0 Å². The molecule has 0 N–H and O–H groups in total. The number of hydrogen-bond acceptors (Lipinski definition) is 5. The van der Waals surface area contributed by atoms with Crippen molar-refractivity contribution >= 4 is 11.9 Å². The molecule has 354 valence electrons. The van der Waals surface area contributed by atoms with Crippen molar-refractivity contribution < 1.29 is 23.8 Å². The summed E-state index contributed by atoms with van der Waals surface area (Å²) < 4.78 is 17.4. The molecule has 0 spiro atoms. The van der Waals surface area contributed by atoms with Gasteiger partial charge in [0.25, 0.3) is 0 Å². The van der Waals surface area contributed by atoms with E-state index in [9.17, 15) is 9.59 Å². The van der Waals surface area contributed by atoms with E-state index in [1.807, 2.05) is 0 Å². The maximum atomic E-state index is 12.8. The number of hydrogen-bond donors (Lipinski definition) is 0. The molecule has 0 aliphatic rings. The molecule has 1 unspecified atom stereocenters. The molecule has 0 fully saturated rings. The van der Waals surface area contributed by atoms with Crippen LogP contribution in [0.25, 0.3) is 0 Å². The quantitative estimate of drug-likeness (QED) is 0.0347. The second kappa shape index (κ2) is 51.7. The number of ether oxygens (including phenoxy) is 3. The van der Waals surface area contributed by atoms with Crippen LogP contribution in [0.15, 0.2) is 24.3 Å². The third-order valence-corrected chi connectivity index (χ3v) is 12.0. The Hall–Kier alpha value is -1.62. The van der Waals surface area contributed by atoms with E-state index in [0.717, 1.165) is 44.9 Å². The van der Waals surface area contributed by atoms with Crippen LogP contribution in [0.5, 0.6) is 0 Å². The van der Waals surface area contributed by atoms with Crippen LogP contribution in [0.4, 0.5) is 0 Å². The predicted molar refractivity (Wildman–Crippen MR) is 261 cm³/mol. The summed E-state index contributed by atoms with van der Waals surface area (Å²) in [5, 5.41) is 0. The lowest BCUT2D eigenvalue weighted by molar-refractivity contribution is -0.163. The van der Waals surface area contributed by atoms with Crippen LogP contribution >= 0.6 is 0 Å². The van der Waals surface area contributed by atoms with Crippen molar-refractivity contribution in [1.29, 1.82) is 0 Å². The van der Waals surface area contributed by atoms with E-state index in [1.54, 1.807) is 0 Å². The van der Waals surface area contributed by atoms with Crippen LogP contribution in [-0.4, -0.2) is 37.9 Å². The average molecular weight is 845 g/mol. The number of carbonyl (C=O) groups excluding carboxylic acids is 2. The molecule has 5 nitrogen and oxygen atoms in total. The van der Waals surface area contributed by atoms with Crippen molar-refractivity contribution in [2.45, 2.75) is 297 Å². The molecule has 0 heterocycles. The SMILES string of the molecule is CCC/C=C\C/C=C\CCCCCCCCOCC(COC(=O)CCCCCCCCCCCCCCCCCCC)OC(=O)CCCCCCCCCCCCCCC. The van der Waals surface area contributed by atoms with E-state index >= 15 is 0 Å². The largest absolute Gasteiger partial charge is 0.462 e. The Kier molecular flexibility index (Phi) is 50.3. The first-order valence-electron chi connectivity index (χ1n) is 26.9. The van der Waals surface area contributed by atoms with Gasteiger partial charge in [0.2, 0.25) is 0 Å². The minimum absolute atomic E-state index is 0.0889. The Morgan fingerprint density at radius 2 is 0.733 bits per heavy atom. The van der Waals surface area contributed by atoms with E-state index in [4.69, 9.17) is 14.2 Å². The highest BCUT2D eigenvalue weighted by molar-refractivity contribution is 5.70. The van der Waals surface area contributed by atoms with Gasteiger partial charge in [-0.25, -0.2) is 0 Å². The van der Waals surface area contributed by atoms with Crippen LogP contribution < -0.4 is 0 Å². The number of allylic oxidation sites excluding steroid dienone is 4. The zero-order chi connectivity index (χ0) is 43.5. The van der Waals surface area contributed by atoms with Gasteiger partial charge in [0.05, 0.1) is 6.61 Å². The van der Waals surface area contributed by atoms with E-state index in [0.29, 0.717) is 19.4 Å². The molecule has 0 saturated carbocycles. The number of rotatable bonds is 50. The Labute approximate surface area is 375 Å². The normalized spacial score (nSPS) is 12.2. The molecule has 1 atom stereocenters. The minimum Gasteiger partial charge on any atom is -0.462 e. The van der Waals surface area contributed by atoms with Gasteiger partial charge in [-0.15, -0.1) is 0 Å². The fourth-order valence-corrected chi connectivity index (χ4v) is 7.96. The van der Waals surface area contributed by atoms with Gasteiger partial charge in [0.1, 0.15) is 6.61 Å². The maximum Gasteiger partial charge on any atom is 0.306 e. The molecule has 0 aliphatic heterocycles. The molecular formula is C55H104O5. The van der Waals surface area contributed by atoms with Crippen molar-refractivity contribution in [3.05, 3.63) is 24.3 Å². The predicted octanol–water partition coefficient (Wildman–Crippen LogP) is 18.0. The summed E-state index contributed by atoms with van der Waals surface area (Å²) in [4.78, 5) is 25.4. The van der Waals surface area contributed by atoms with Gasteiger partial charge in [0.15, 0.2) is 6.10 Å². The van der Waals surface area contributed by atoms with Crippen LogP contribution in [0.3, 0.4) is 0 Å². The minimum atomic E-state index is -0.533. The van der Waals surface area contributed by atoms with Gasteiger partial charge in [0, 0.05) is 19.4 Å². The van der Waals surface area contributed by atoms with Gasteiger partial charge >= 0.3 is 11.9 Å². The smallest absolute Gasteiger partial charge is 0.306 e. The molecular weight excluding hydrogens is 741 g/mol. The molecule has 60 heavy (non-hydrogen) atoms. The molecule has 0 bridgehead atoms. The highest BCUT2D eigenvalue weighted by atomic mass is 16.6. The molecule has 0 aromatic heterocycles. The standard InChI is InChI=1S/C55H104O5/c1-4-7-10-13-16-19-22-25-27-28-29-31-33-36-39-42-45-48-54(56)59-52-53(51-58-50-47-44-41-38-35-32-26-23-20-17-14-11-8-5-2)60-55(57)49-46-43-40-37-34-30-24-21-18-15-12-9-6-3/h11,14,20,23,53H,4-10,12-13,15-19,21-22,24-52H2,1-3H3/b14-11-,23-20-. The second-order valence-corrected chi connectivity index (χ2v) is 18.1. The molecule has 0 aliphatic carbocycles. The van der Waals surface area contributed by atoms with Gasteiger partial charge in [-0.05, 0) is 44.9 Å². The fourth-order valence-electron chi connectivity index (χ4n) is 7.96. The monoisotopic (exact) mass is 845 g/mol. The molecule has 0 amide bonds. The van der Waals surface area contributed by atoms with E-state index < -0.39 is 6.10 Å². The third-order valence-electron chi connectivity index (χ3n) is 12.0. The summed E-state index contributed by atoms with van der Waals surface area (Å²) in [5.41, 5.74) is 0. The zero-order valence-corrected chi connectivity index (χ0v) is 40.7. The van der Waals surface area contributed by atoms with Crippen molar-refractivity contribution in [2.24, 2.45) is 0 Å². The van der Waals surface area contributed by atoms with E-state index in [-0.39, 0.29) is 25.2 Å². The Balaban J connectivity index is 4.20. The van der Waals surface area contributed by atoms with Crippen molar-refractivity contribution in [3.8, 4) is 0 Å². The van der Waals surface area contributed by atoms with E-state index in [2.05, 4.69) is 45.1 Å². The summed E-state index contributed by atoms with van der Waals surface area (Å²) in [6.45, 7) is 7.80. The summed E-state index contributed by atoms with van der Waals surface area (Å²) in [6.07, 6.45) is 60.4. The summed E-state index contributed by atoms with van der Waals surface area (Å²) in [6, 6.07) is 0. The van der Waals surface area contributed by atoms with Crippen LogP contribution in [0.1, 0.15) is 290 Å². The van der Waals surface area contributed by atoms with Crippen molar-refractivity contribution in [3.63, 3.8) is 0 Å². The molecule has 0 radical (unpaired) electrons. The first-order valence-corrected chi connectivity index (χ1v) is 26.9. The Bertz CT molecular complexity index is 913. The van der Waals surface area contributed by atoms with E-state index in [1.165, 1.54) is 212 Å². The number of unbranched alkanes of at least 4 members (excludes halogenated alkanes) is 35. The van der Waals surface area contributed by atoms with Gasteiger partial charge in [-0.3, -0.25) is 9.59 Å². The average Bonchev–Trinajstić information content (AvgIpc) is 3.25. The maximum absolute atomic E-state index is 12.8. The summed E-state index contributed by atoms with van der Waals surface area (Å²) in [7, 11) is 0. The highest BCUT2D eigenvalue weighted by Crippen LogP contribution is 2.16.